The quantitative estimate of drug-likeness (QED) is 0.434. The molecule has 8 nitrogen and oxygen atoms in total. The molecule has 4 rings (SSSR count). The van der Waals surface area contributed by atoms with Crippen LogP contribution in [0.25, 0.3) is 0 Å². The smallest absolute Gasteiger partial charge is 0.273 e. The summed E-state index contributed by atoms with van der Waals surface area (Å²) in [7, 11) is 0. The number of carbonyl (C=O) groups excluding carboxylic acids is 1. The van der Waals surface area contributed by atoms with E-state index in [2.05, 4.69) is 20.1 Å². The summed E-state index contributed by atoms with van der Waals surface area (Å²) in [6.07, 6.45) is 0.824. The van der Waals surface area contributed by atoms with Crippen molar-refractivity contribution in [2.24, 2.45) is 0 Å². The zero-order valence-corrected chi connectivity index (χ0v) is 19.6. The Morgan fingerprint density at radius 1 is 1.06 bits per heavy atom. The third kappa shape index (κ3) is 7.97. The SMILES string of the molecule is O=C(NCc1ccc(F)cc1)c1coc(CN2CCN(CC(O)COCc3ccccc3)CC2)n1. The van der Waals surface area contributed by atoms with E-state index in [0.29, 0.717) is 32.2 Å². The van der Waals surface area contributed by atoms with Crippen molar-refractivity contribution >= 4 is 5.91 Å². The predicted octanol–water partition coefficient (Wildman–Crippen LogP) is 2.44. The first-order valence-corrected chi connectivity index (χ1v) is 11.8. The number of hydrogen-bond donors (Lipinski definition) is 2. The minimum absolute atomic E-state index is 0.222. The molecule has 1 aromatic heterocycles. The second-order valence-corrected chi connectivity index (χ2v) is 8.67. The summed E-state index contributed by atoms with van der Waals surface area (Å²) in [4.78, 5) is 21.1. The maximum Gasteiger partial charge on any atom is 0.273 e. The maximum atomic E-state index is 13.0. The third-order valence-corrected chi connectivity index (χ3v) is 5.87. The molecule has 2 aromatic carbocycles. The molecule has 1 amide bonds. The summed E-state index contributed by atoms with van der Waals surface area (Å²) in [6, 6.07) is 15.9. The van der Waals surface area contributed by atoms with Crippen LogP contribution in [0.1, 0.15) is 27.5 Å². The Morgan fingerprint density at radius 3 is 2.51 bits per heavy atom. The minimum Gasteiger partial charge on any atom is -0.447 e. The highest BCUT2D eigenvalue weighted by Gasteiger charge is 2.21. The van der Waals surface area contributed by atoms with Crippen molar-refractivity contribution in [3.05, 3.63) is 89.4 Å². The van der Waals surface area contributed by atoms with Gasteiger partial charge in [-0.15, -0.1) is 0 Å². The number of β-amino-alcohol motifs (C(OH)–C–C–N with tert-alkyl or cyclic N) is 1. The Labute approximate surface area is 204 Å². The van der Waals surface area contributed by atoms with Crippen LogP contribution < -0.4 is 5.32 Å². The van der Waals surface area contributed by atoms with Crippen LogP contribution in [0.3, 0.4) is 0 Å². The lowest BCUT2D eigenvalue weighted by atomic mass is 10.2. The van der Waals surface area contributed by atoms with E-state index in [4.69, 9.17) is 9.15 Å². The van der Waals surface area contributed by atoms with Gasteiger partial charge in [-0.2, -0.15) is 0 Å². The maximum absolute atomic E-state index is 13.0. The van der Waals surface area contributed by atoms with E-state index in [9.17, 15) is 14.3 Å². The number of carbonyl (C=O) groups is 1. The lowest BCUT2D eigenvalue weighted by molar-refractivity contribution is 0.000371. The molecule has 1 atom stereocenters. The number of amides is 1. The average Bonchev–Trinajstić information content (AvgIpc) is 3.34. The molecule has 0 bridgehead atoms. The largest absolute Gasteiger partial charge is 0.447 e. The van der Waals surface area contributed by atoms with Crippen molar-refractivity contribution in [1.82, 2.24) is 20.1 Å². The molecule has 1 unspecified atom stereocenters. The molecule has 1 saturated heterocycles. The number of ether oxygens (including phenoxy) is 1. The molecule has 1 aliphatic rings. The number of aliphatic hydroxyl groups is 1. The number of benzene rings is 2. The molecule has 35 heavy (non-hydrogen) atoms. The number of oxazole rings is 1. The van der Waals surface area contributed by atoms with Crippen LogP contribution in [0.5, 0.6) is 0 Å². The van der Waals surface area contributed by atoms with Gasteiger partial charge in [-0.05, 0) is 23.3 Å². The molecule has 0 spiro atoms. The lowest BCUT2D eigenvalue weighted by Gasteiger charge is -2.34. The van der Waals surface area contributed by atoms with Crippen molar-refractivity contribution in [3.63, 3.8) is 0 Å². The molecular formula is C26H31FN4O4. The molecule has 3 aromatic rings. The summed E-state index contributed by atoms with van der Waals surface area (Å²) < 4.78 is 24.1. The van der Waals surface area contributed by atoms with Gasteiger partial charge in [0.2, 0.25) is 5.89 Å². The summed E-state index contributed by atoms with van der Waals surface area (Å²) in [5.41, 5.74) is 2.11. The van der Waals surface area contributed by atoms with Gasteiger partial charge >= 0.3 is 0 Å². The van der Waals surface area contributed by atoms with Crippen molar-refractivity contribution in [3.8, 4) is 0 Å². The number of nitrogens with zero attached hydrogens (tertiary/aromatic N) is 3. The summed E-state index contributed by atoms with van der Waals surface area (Å²) in [5.74, 6) is -0.163. The van der Waals surface area contributed by atoms with Crippen molar-refractivity contribution < 1.29 is 23.4 Å². The highest BCUT2D eigenvalue weighted by atomic mass is 19.1. The van der Waals surface area contributed by atoms with Gasteiger partial charge in [-0.25, -0.2) is 9.37 Å². The van der Waals surface area contributed by atoms with Crippen molar-refractivity contribution in [1.29, 1.82) is 0 Å². The normalized spacial score (nSPS) is 15.7. The molecule has 9 heteroatoms. The summed E-state index contributed by atoms with van der Waals surface area (Å²) >= 11 is 0. The molecule has 1 fully saturated rings. The molecule has 0 aliphatic carbocycles. The molecular weight excluding hydrogens is 451 g/mol. The molecule has 0 radical (unpaired) electrons. The minimum atomic E-state index is -0.534. The first-order valence-electron chi connectivity index (χ1n) is 11.8. The Kier molecular flexibility index (Phi) is 8.96. The third-order valence-electron chi connectivity index (χ3n) is 5.87. The van der Waals surface area contributed by atoms with Crippen molar-refractivity contribution in [2.75, 3.05) is 39.3 Å². The van der Waals surface area contributed by atoms with Gasteiger partial charge in [0.25, 0.3) is 5.91 Å². The van der Waals surface area contributed by atoms with Crippen LogP contribution in [0, 0.1) is 5.82 Å². The van der Waals surface area contributed by atoms with E-state index in [1.165, 1.54) is 18.4 Å². The first kappa shape index (κ1) is 25.0. The highest BCUT2D eigenvalue weighted by Crippen LogP contribution is 2.11. The van der Waals surface area contributed by atoms with E-state index in [1.807, 2.05) is 30.3 Å². The van der Waals surface area contributed by atoms with Crippen LogP contribution >= 0.6 is 0 Å². The van der Waals surface area contributed by atoms with Crippen LogP contribution in [0.4, 0.5) is 4.39 Å². The number of halogens is 1. The zero-order valence-electron chi connectivity index (χ0n) is 19.6. The van der Waals surface area contributed by atoms with E-state index in [0.717, 1.165) is 37.3 Å². The number of hydrogen-bond acceptors (Lipinski definition) is 7. The van der Waals surface area contributed by atoms with E-state index >= 15 is 0 Å². The monoisotopic (exact) mass is 482 g/mol. The van der Waals surface area contributed by atoms with E-state index in [-0.39, 0.29) is 24.0 Å². The van der Waals surface area contributed by atoms with Crippen LogP contribution in [0.2, 0.25) is 0 Å². The predicted molar refractivity (Wildman–Crippen MR) is 128 cm³/mol. The van der Waals surface area contributed by atoms with Crippen LogP contribution in [0.15, 0.2) is 65.3 Å². The Bertz CT molecular complexity index is 1050. The fourth-order valence-electron chi connectivity index (χ4n) is 3.92. The van der Waals surface area contributed by atoms with Gasteiger partial charge in [-0.3, -0.25) is 14.6 Å². The van der Waals surface area contributed by atoms with Gasteiger partial charge in [-0.1, -0.05) is 42.5 Å². The first-order chi connectivity index (χ1) is 17.0. The van der Waals surface area contributed by atoms with Gasteiger partial charge < -0.3 is 19.6 Å². The summed E-state index contributed by atoms with van der Waals surface area (Å²) in [5, 5.41) is 13.1. The van der Waals surface area contributed by atoms with Gasteiger partial charge in [0.05, 0.1) is 25.9 Å². The molecule has 186 valence electrons. The standard InChI is InChI=1S/C26H31FN4O4/c27-22-8-6-20(7-9-22)14-28-26(33)24-19-35-25(29-24)16-31-12-10-30(11-13-31)15-23(32)18-34-17-21-4-2-1-3-5-21/h1-9,19,23,32H,10-18H2,(H,28,33). The second-order valence-electron chi connectivity index (χ2n) is 8.67. The Hall–Kier alpha value is -3.11. The van der Waals surface area contributed by atoms with Crippen LogP contribution in [-0.2, 0) is 24.4 Å². The fourth-order valence-corrected chi connectivity index (χ4v) is 3.92. The zero-order chi connectivity index (χ0) is 24.5. The van der Waals surface area contributed by atoms with E-state index in [1.54, 1.807) is 12.1 Å². The molecule has 0 saturated carbocycles. The topological polar surface area (TPSA) is 91.1 Å². The van der Waals surface area contributed by atoms with E-state index < -0.39 is 6.10 Å². The Balaban J connectivity index is 1.13. The second kappa shape index (κ2) is 12.6. The van der Waals surface area contributed by atoms with Gasteiger partial charge in [0, 0.05) is 39.3 Å². The van der Waals surface area contributed by atoms with Crippen molar-refractivity contribution in [2.45, 2.75) is 25.8 Å². The number of nitrogens with one attached hydrogen (secondary N) is 1. The molecule has 2 heterocycles. The van der Waals surface area contributed by atoms with Gasteiger partial charge in [0.1, 0.15) is 12.1 Å². The fraction of sp³-hybridized carbons (Fsp3) is 0.385. The number of aromatic nitrogens is 1. The van der Waals surface area contributed by atoms with Gasteiger partial charge in [0.15, 0.2) is 5.69 Å². The number of rotatable bonds is 11. The molecule has 2 N–H and O–H groups in total. The Morgan fingerprint density at radius 2 is 1.77 bits per heavy atom. The highest BCUT2D eigenvalue weighted by molar-refractivity contribution is 5.91. The summed E-state index contributed by atoms with van der Waals surface area (Å²) in [6.45, 7) is 5.43. The van der Waals surface area contributed by atoms with Crippen LogP contribution in [-0.4, -0.2) is 71.2 Å². The average molecular weight is 483 g/mol. The lowest BCUT2D eigenvalue weighted by Crippen LogP contribution is -2.48. The molecule has 1 aliphatic heterocycles. The number of aliphatic hydroxyl groups excluding tert-OH is 1. The number of piperazine rings is 1.